The number of anilines is 1. The van der Waals surface area contributed by atoms with Crippen molar-refractivity contribution in [1.82, 2.24) is 9.88 Å². The Bertz CT molecular complexity index is 355. The molecule has 0 N–H and O–H groups in total. The van der Waals surface area contributed by atoms with Gasteiger partial charge in [0.05, 0.1) is 11.9 Å². The Morgan fingerprint density at radius 3 is 2.44 bits per heavy atom. The van der Waals surface area contributed by atoms with Crippen LogP contribution >= 0.6 is 0 Å². The first kappa shape index (κ1) is 14.7. The summed E-state index contributed by atoms with van der Waals surface area (Å²) in [6, 6.07) is 2.20. The molecule has 0 unspecified atom stereocenters. The molecule has 1 saturated heterocycles. The van der Waals surface area contributed by atoms with E-state index in [-0.39, 0.29) is 0 Å². The van der Waals surface area contributed by atoms with Gasteiger partial charge in [-0.3, -0.25) is 9.88 Å². The maximum Gasteiger partial charge on any atom is 0.0556 e. The molecule has 3 heteroatoms. The first-order valence-corrected chi connectivity index (χ1v) is 6.79. The Morgan fingerprint density at radius 1 is 1.22 bits per heavy atom. The van der Waals surface area contributed by atoms with Crippen molar-refractivity contribution in [2.24, 2.45) is 0 Å². The van der Waals surface area contributed by atoms with Gasteiger partial charge < -0.3 is 4.90 Å². The second-order valence-electron chi connectivity index (χ2n) is 4.30. The quantitative estimate of drug-likeness (QED) is 0.766. The van der Waals surface area contributed by atoms with Crippen LogP contribution in [-0.4, -0.2) is 42.6 Å². The van der Waals surface area contributed by atoms with Crippen LogP contribution in [-0.2, 0) is 0 Å². The number of hydrogen-bond donors (Lipinski definition) is 0. The molecule has 100 valence electrons. The molecule has 0 aliphatic carbocycles. The molecule has 18 heavy (non-hydrogen) atoms. The number of rotatable bonds is 3. The SMILES string of the molecule is C=CCN1CCN(c2cncc(C)c2)CC1.CC. The minimum Gasteiger partial charge on any atom is -0.368 e. The molecule has 1 aliphatic rings. The van der Waals surface area contributed by atoms with Crippen molar-refractivity contribution < 1.29 is 0 Å². The monoisotopic (exact) mass is 247 g/mol. The fourth-order valence-corrected chi connectivity index (χ4v) is 2.08. The van der Waals surface area contributed by atoms with Crippen molar-refractivity contribution >= 4 is 5.69 Å². The Kier molecular flexibility index (Phi) is 6.44. The van der Waals surface area contributed by atoms with Crippen LogP contribution in [0.1, 0.15) is 19.4 Å². The number of aryl methyl sites for hydroxylation is 1. The van der Waals surface area contributed by atoms with Gasteiger partial charge in [0.15, 0.2) is 0 Å². The van der Waals surface area contributed by atoms with Gasteiger partial charge in [-0.05, 0) is 18.6 Å². The summed E-state index contributed by atoms with van der Waals surface area (Å²) in [5.41, 5.74) is 2.48. The van der Waals surface area contributed by atoms with Gasteiger partial charge in [-0.25, -0.2) is 0 Å². The molecule has 0 aromatic carbocycles. The lowest BCUT2D eigenvalue weighted by atomic mass is 10.2. The van der Waals surface area contributed by atoms with Crippen LogP contribution in [0.15, 0.2) is 31.1 Å². The van der Waals surface area contributed by atoms with Crippen LogP contribution in [0.2, 0.25) is 0 Å². The Balaban J connectivity index is 0.000000771. The highest BCUT2D eigenvalue weighted by Gasteiger charge is 2.16. The van der Waals surface area contributed by atoms with Gasteiger partial charge in [0.1, 0.15) is 0 Å². The van der Waals surface area contributed by atoms with E-state index in [0.717, 1.165) is 32.7 Å². The van der Waals surface area contributed by atoms with Gasteiger partial charge in [0, 0.05) is 38.9 Å². The van der Waals surface area contributed by atoms with E-state index in [1.54, 1.807) is 0 Å². The third kappa shape index (κ3) is 4.15. The summed E-state index contributed by atoms with van der Waals surface area (Å²) < 4.78 is 0. The lowest BCUT2D eigenvalue weighted by Gasteiger charge is -2.35. The summed E-state index contributed by atoms with van der Waals surface area (Å²) >= 11 is 0. The van der Waals surface area contributed by atoms with E-state index in [4.69, 9.17) is 0 Å². The van der Waals surface area contributed by atoms with Crippen molar-refractivity contribution in [1.29, 1.82) is 0 Å². The first-order chi connectivity index (χ1) is 8.79. The van der Waals surface area contributed by atoms with E-state index < -0.39 is 0 Å². The molecular formula is C15H25N3. The fraction of sp³-hybridized carbons (Fsp3) is 0.533. The van der Waals surface area contributed by atoms with Crippen molar-refractivity contribution in [3.63, 3.8) is 0 Å². The van der Waals surface area contributed by atoms with E-state index in [1.165, 1.54) is 11.3 Å². The molecule has 1 aliphatic heterocycles. The van der Waals surface area contributed by atoms with Gasteiger partial charge in [0.25, 0.3) is 0 Å². The van der Waals surface area contributed by atoms with Crippen LogP contribution in [0.3, 0.4) is 0 Å². The van der Waals surface area contributed by atoms with E-state index in [0.29, 0.717) is 0 Å². The number of nitrogens with zero attached hydrogens (tertiary/aromatic N) is 3. The standard InChI is InChI=1S/C13H19N3.C2H6/c1-3-4-15-5-7-16(8-6-15)13-9-12(2)10-14-11-13;1-2/h3,9-11H,1,4-8H2,2H3;1-2H3. The van der Waals surface area contributed by atoms with Crippen molar-refractivity contribution in [2.75, 3.05) is 37.6 Å². The first-order valence-electron chi connectivity index (χ1n) is 6.79. The molecule has 0 radical (unpaired) electrons. The van der Waals surface area contributed by atoms with Crippen LogP contribution in [0.4, 0.5) is 5.69 Å². The minimum atomic E-state index is 1.000. The number of aromatic nitrogens is 1. The summed E-state index contributed by atoms with van der Waals surface area (Å²) in [4.78, 5) is 9.07. The van der Waals surface area contributed by atoms with Crippen LogP contribution in [0.5, 0.6) is 0 Å². The smallest absolute Gasteiger partial charge is 0.0556 e. The number of piperazine rings is 1. The number of hydrogen-bond acceptors (Lipinski definition) is 3. The second-order valence-corrected chi connectivity index (χ2v) is 4.30. The molecule has 1 aromatic heterocycles. The zero-order valence-electron chi connectivity index (χ0n) is 11.9. The molecule has 0 saturated carbocycles. The lowest BCUT2D eigenvalue weighted by molar-refractivity contribution is 0.284. The van der Waals surface area contributed by atoms with E-state index in [9.17, 15) is 0 Å². The van der Waals surface area contributed by atoms with Crippen LogP contribution in [0.25, 0.3) is 0 Å². The normalized spacial score (nSPS) is 15.8. The zero-order valence-corrected chi connectivity index (χ0v) is 11.9. The predicted molar refractivity (Wildman–Crippen MR) is 79.2 cm³/mol. The minimum absolute atomic E-state index is 1.000. The highest BCUT2D eigenvalue weighted by molar-refractivity contribution is 5.46. The maximum absolute atomic E-state index is 4.24. The predicted octanol–water partition coefficient (Wildman–Crippen LogP) is 2.72. The van der Waals surface area contributed by atoms with Gasteiger partial charge in [-0.2, -0.15) is 0 Å². The topological polar surface area (TPSA) is 19.4 Å². The maximum atomic E-state index is 4.24. The van der Waals surface area contributed by atoms with Crippen LogP contribution < -0.4 is 4.90 Å². The molecule has 2 rings (SSSR count). The average molecular weight is 247 g/mol. The third-order valence-corrected chi connectivity index (χ3v) is 2.99. The van der Waals surface area contributed by atoms with Crippen molar-refractivity contribution in [3.05, 3.63) is 36.7 Å². The molecule has 0 atom stereocenters. The highest BCUT2D eigenvalue weighted by atomic mass is 15.3. The Morgan fingerprint density at radius 2 is 1.89 bits per heavy atom. The summed E-state index contributed by atoms with van der Waals surface area (Å²) in [7, 11) is 0. The highest BCUT2D eigenvalue weighted by Crippen LogP contribution is 2.16. The average Bonchev–Trinajstić information content (AvgIpc) is 2.42. The molecule has 0 bridgehead atoms. The molecule has 1 fully saturated rings. The Hall–Kier alpha value is -1.35. The van der Waals surface area contributed by atoms with Gasteiger partial charge in [-0.15, -0.1) is 6.58 Å². The molecular weight excluding hydrogens is 222 g/mol. The van der Waals surface area contributed by atoms with E-state index in [1.807, 2.05) is 32.3 Å². The number of pyridine rings is 1. The van der Waals surface area contributed by atoms with Crippen LogP contribution in [0, 0.1) is 6.92 Å². The lowest BCUT2D eigenvalue weighted by Crippen LogP contribution is -2.46. The molecule has 2 heterocycles. The summed E-state index contributed by atoms with van der Waals surface area (Å²) in [6.07, 6.45) is 5.83. The van der Waals surface area contributed by atoms with Crippen molar-refractivity contribution in [3.8, 4) is 0 Å². The molecule has 0 spiro atoms. The molecule has 3 nitrogen and oxygen atoms in total. The van der Waals surface area contributed by atoms with Gasteiger partial charge in [-0.1, -0.05) is 19.9 Å². The van der Waals surface area contributed by atoms with Gasteiger partial charge in [0.2, 0.25) is 0 Å². The van der Waals surface area contributed by atoms with E-state index >= 15 is 0 Å². The van der Waals surface area contributed by atoms with Crippen molar-refractivity contribution in [2.45, 2.75) is 20.8 Å². The summed E-state index contributed by atoms with van der Waals surface area (Å²) in [5, 5.41) is 0. The summed E-state index contributed by atoms with van der Waals surface area (Å²) in [5.74, 6) is 0. The fourth-order valence-electron chi connectivity index (χ4n) is 2.08. The Labute approximate surface area is 111 Å². The zero-order chi connectivity index (χ0) is 13.4. The third-order valence-electron chi connectivity index (χ3n) is 2.99. The van der Waals surface area contributed by atoms with E-state index in [2.05, 4.69) is 34.4 Å². The molecule has 0 amide bonds. The molecule has 1 aromatic rings. The second kappa shape index (κ2) is 7.88. The summed E-state index contributed by atoms with van der Waals surface area (Å²) in [6.45, 7) is 15.3. The largest absolute Gasteiger partial charge is 0.368 e. The van der Waals surface area contributed by atoms with Gasteiger partial charge >= 0.3 is 0 Å².